The third kappa shape index (κ3) is 4.37. The molecule has 34 heavy (non-hydrogen) atoms. The summed E-state index contributed by atoms with van der Waals surface area (Å²) >= 11 is 1.65. The maximum atomic E-state index is 13.6. The van der Waals surface area contributed by atoms with Crippen LogP contribution < -0.4 is 9.47 Å². The van der Waals surface area contributed by atoms with Gasteiger partial charge in [0.05, 0.1) is 21.3 Å². The quantitative estimate of drug-likeness (QED) is 0.420. The lowest BCUT2D eigenvalue weighted by atomic mass is 9.69. The summed E-state index contributed by atoms with van der Waals surface area (Å²) in [7, 11) is 4.58. The SMILES string of the molecule is COC(=O)C1C(C)=NC2=C(C(=O)C[C@@H](c3ccc(OC)c(OC)c3)C2)[C@H]1c1ccc(SC)cc1. The summed E-state index contributed by atoms with van der Waals surface area (Å²) in [6.45, 7) is 1.85. The number of rotatable bonds is 6. The Morgan fingerprint density at radius 3 is 2.26 bits per heavy atom. The van der Waals surface area contributed by atoms with Crippen molar-refractivity contribution < 1.29 is 23.8 Å². The molecule has 2 aromatic carbocycles. The number of nitrogens with zero attached hydrogens (tertiary/aromatic N) is 1. The van der Waals surface area contributed by atoms with Crippen LogP contribution in [0.5, 0.6) is 11.5 Å². The van der Waals surface area contributed by atoms with Gasteiger partial charge in [0.25, 0.3) is 0 Å². The molecular formula is C27H29NO5S. The van der Waals surface area contributed by atoms with Crippen molar-refractivity contribution in [1.29, 1.82) is 0 Å². The standard InChI is InChI=1S/C27H29NO5S/c1-15-24(27(30)33-4)25(16-6-9-19(34-5)10-7-16)26-20(28-15)12-18(13-21(26)29)17-8-11-22(31-2)23(14-17)32-3/h6-11,14,18,24-25H,12-13H2,1-5H3/t18-,24?,25-/m0/s1. The summed E-state index contributed by atoms with van der Waals surface area (Å²) in [5, 5.41) is 0. The van der Waals surface area contributed by atoms with Crippen LogP contribution in [0.4, 0.5) is 0 Å². The molecule has 7 heteroatoms. The van der Waals surface area contributed by atoms with Crippen molar-refractivity contribution in [2.75, 3.05) is 27.6 Å². The highest BCUT2D eigenvalue weighted by Crippen LogP contribution is 2.47. The Morgan fingerprint density at radius 1 is 0.971 bits per heavy atom. The summed E-state index contributed by atoms with van der Waals surface area (Å²) < 4.78 is 15.9. The van der Waals surface area contributed by atoms with Gasteiger partial charge in [0, 0.05) is 34.2 Å². The molecule has 0 amide bonds. The lowest BCUT2D eigenvalue weighted by molar-refractivity contribution is -0.143. The monoisotopic (exact) mass is 479 g/mol. The van der Waals surface area contributed by atoms with E-state index in [1.807, 2.05) is 55.6 Å². The molecular weight excluding hydrogens is 450 g/mol. The zero-order chi connectivity index (χ0) is 24.4. The van der Waals surface area contributed by atoms with Crippen LogP contribution in [-0.4, -0.2) is 45.0 Å². The first-order valence-corrected chi connectivity index (χ1v) is 12.4. The van der Waals surface area contributed by atoms with Gasteiger partial charge in [0.2, 0.25) is 0 Å². The van der Waals surface area contributed by atoms with Gasteiger partial charge >= 0.3 is 5.97 Å². The van der Waals surface area contributed by atoms with E-state index < -0.39 is 11.8 Å². The number of benzene rings is 2. The van der Waals surface area contributed by atoms with E-state index in [1.54, 1.807) is 26.0 Å². The summed E-state index contributed by atoms with van der Waals surface area (Å²) in [6.07, 6.45) is 2.97. The first kappa shape index (κ1) is 24.1. The number of hydrogen-bond donors (Lipinski definition) is 0. The maximum Gasteiger partial charge on any atom is 0.315 e. The average Bonchev–Trinajstić information content (AvgIpc) is 2.86. The predicted octanol–water partition coefficient (Wildman–Crippen LogP) is 5.17. The van der Waals surface area contributed by atoms with Gasteiger partial charge in [0.1, 0.15) is 5.92 Å². The van der Waals surface area contributed by atoms with E-state index >= 15 is 0 Å². The van der Waals surface area contributed by atoms with E-state index in [1.165, 1.54) is 7.11 Å². The van der Waals surface area contributed by atoms with Crippen LogP contribution in [0.15, 0.2) is 63.6 Å². The third-order valence-corrected chi connectivity index (χ3v) is 7.44. The third-order valence-electron chi connectivity index (χ3n) is 6.70. The van der Waals surface area contributed by atoms with Crippen LogP contribution >= 0.6 is 11.8 Å². The van der Waals surface area contributed by atoms with Crippen LogP contribution in [0.25, 0.3) is 0 Å². The van der Waals surface area contributed by atoms with Crippen LogP contribution in [0, 0.1) is 5.92 Å². The fourth-order valence-electron chi connectivity index (χ4n) is 5.01. The van der Waals surface area contributed by atoms with E-state index in [9.17, 15) is 9.59 Å². The Hall–Kier alpha value is -3.06. The molecule has 0 spiro atoms. The van der Waals surface area contributed by atoms with E-state index in [-0.39, 0.29) is 17.7 Å². The summed E-state index contributed by atoms with van der Waals surface area (Å²) in [5.41, 5.74) is 3.99. The van der Waals surface area contributed by atoms with Crippen LogP contribution in [0.3, 0.4) is 0 Å². The van der Waals surface area contributed by atoms with Gasteiger partial charge in [-0.15, -0.1) is 11.8 Å². The molecule has 4 rings (SSSR count). The number of ketones is 1. The summed E-state index contributed by atoms with van der Waals surface area (Å²) in [5.74, 6) is -0.133. The Labute approximate surface area is 204 Å². The van der Waals surface area contributed by atoms with Crippen molar-refractivity contribution in [2.45, 2.75) is 36.5 Å². The molecule has 0 aromatic heterocycles. The van der Waals surface area contributed by atoms with Crippen molar-refractivity contribution in [3.8, 4) is 11.5 Å². The van der Waals surface area contributed by atoms with E-state index in [4.69, 9.17) is 19.2 Å². The van der Waals surface area contributed by atoms with Crippen LogP contribution in [-0.2, 0) is 14.3 Å². The van der Waals surface area contributed by atoms with E-state index in [0.717, 1.165) is 21.7 Å². The fraction of sp³-hybridized carbons (Fsp3) is 0.370. The molecule has 1 aliphatic carbocycles. The van der Waals surface area contributed by atoms with Gasteiger partial charge in [0.15, 0.2) is 17.3 Å². The smallest absolute Gasteiger partial charge is 0.315 e. The predicted molar refractivity (Wildman–Crippen MR) is 133 cm³/mol. The Morgan fingerprint density at radius 2 is 1.65 bits per heavy atom. The molecule has 2 aromatic rings. The zero-order valence-electron chi connectivity index (χ0n) is 20.1. The molecule has 0 N–H and O–H groups in total. The second-order valence-electron chi connectivity index (χ2n) is 8.51. The van der Waals surface area contributed by atoms with Gasteiger partial charge in [-0.05, 0) is 60.9 Å². The molecule has 0 fully saturated rings. The van der Waals surface area contributed by atoms with Crippen molar-refractivity contribution in [1.82, 2.24) is 0 Å². The minimum Gasteiger partial charge on any atom is -0.493 e. The van der Waals surface area contributed by atoms with E-state index in [2.05, 4.69) is 0 Å². The Kier molecular flexibility index (Phi) is 7.12. The minimum absolute atomic E-state index is 0.0186. The second kappa shape index (κ2) is 10.1. The second-order valence-corrected chi connectivity index (χ2v) is 9.39. The maximum absolute atomic E-state index is 13.6. The first-order chi connectivity index (χ1) is 16.4. The topological polar surface area (TPSA) is 74.2 Å². The van der Waals surface area contributed by atoms with Crippen molar-refractivity contribution in [3.05, 3.63) is 64.9 Å². The number of carbonyl (C=O) groups is 2. The fourth-order valence-corrected chi connectivity index (χ4v) is 5.41. The highest BCUT2D eigenvalue weighted by Gasteiger charge is 2.44. The van der Waals surface area contributed by atoms with Crippen molar-refractivity contribution in [2.24, 2.45) is 10.9 Å². The molecule has 0 radical (unpaired) electrons. The van der Waals surface area contributed by atoms with E-state index in [0.29, 0.717) is 35.6 Å². The number of methoxy groups -OCH3 is 3. The molecule has 0 bridgehead atoms. The largest absolute Gasteiger partial charge is 0.493 e. The highest BCUT2D eigenvalue weighted by molar-refractivity contribution is 7.98. The van der Waals surface area contributed by atoms with Crippen molar-refractivity contribution in [3.63, 3.8) is 0 Å². The molecule has 2 aliphatic rings. The number of hydrogen-bond acceptors (Lipinski definition) is 7. The summed E-state index contributed by atoms with van der Waals surface area (Å²) in [6, 6.07) is 13.8. The van der Waals surface area contributed by atoms with Gasteiger partial charge < -0.3 is 14.2 Å². The van der Waals surface area contributed by atoms with Crippen LogP contribution in [0.1, 0.15) is 42.7 Å². The van der Waals surface area contributed by atoms with Gasteiger partial charge in [-0.3, -0.25) is 14.6 Å². The number of esters is 1. The number of carbonyl (C=O) groups excluding carboxylic acids is 2. The number of ether oxygens (including phenoxy) is 3. The molecule has 1 aliphatic heterocycles. The summed E-state index contributed by atoms with van der Waals surface area (Å²) in [4.78, 5) is 32.3. The molecule has 6 nitrogen and oxygen atoms in total. The number of Topliss-reactive ketones (excluding diaryl/α,β-unsaturated/α-hetero) is 1. The zero-order valence-corrected chi connectivity index (χ0v) is 20.9. The molecule has 1 unspecified atom stereocenters. The molecule has 3 atom stereocenters. The van der Waals surface area contributed by atoms with Crippen molar-refractivity contribution >= 4 is 29.2 Å². The number of thioether (sulfide) groups is 1. The Balaban J connectivity index is 1.77. The van der Waals surface area contributed by atoms with Gasteiger partial charge in [-0.25, -0.2) is 0 Å². The van der Waals surface area contributed by atoms with Gasteiger partial charge in [-0.1, -0.05) is 18.2 Å². The van der Waals surface area contributed by atoms with Gasteiger partial charge in [-0.2, -0.15) is 0 Å². The first-order valence-electron chi connectivity index (χ1n) is 11.2. The molecule has 0 saturated carbocycles. The molecule has 178 valence electrons. The number of aliphatic imine (C=N–C) groups is 1. The normalized spacial score (nSPS) is 22.1. The molecule has 0 saturated heterocycles. The lowest BCUT2D eigenvalue weighted by Gasteiger charge is -2.36. The molecule has 1 heterocycles. The Bertz CT molecular complexity index is 1170. The lowest BCUT2D eigenvalue weighted by Crippen LogP contribution is -2.37. The number of allylic oxidation sites excluding steroid dienone is 2. The minimum atomic E-state index is -0.620. The average molecular weight is 480 g/mol. The van der Waals surface area contributed by atoms with Crippen LogP contribution in [0.2, 0.25) is 0 Å². The highest BCUT2D eigenvalue weighted by atomic mass is 32.2.